The number of nitrogens with two attached hydrogens (primary N) is 1. The summed E-state index contributed by atoms with van der Waals surface area (Å²) in [4.78, 5) is 18.6. The standard InChI is InChI=1S/C23H32ClN7.HI/c1-2-28-9-11-30(12-10-28)22-8-3-19(17-26-22)18-27-23(25)31-15-13-29(14-16-31)21-6-4-20(24)5-7-21;/h3-8,17H,2,9-16,18H2,1H3,(H2,25,27);1H. The summed E-state index contributed by atoms with van der Waals surface area (Å²) < 4.78 is 0. The van der Waals surface area contributed by atoms with Gasteiger partial charge in [-0.3, -0.25) is 0 Å². The molecule has 0 spiro atoms. The van der Waals surface area contributed by atoms with Gasteiger partial charge >= 0.3 is 0 Å². The molecule has 0 atom stereocenters. The van der Waals surface area contributed by atoms with Crippen LogP contribution in [0, 0.1) is 0 Å². The van der Waals surface area contributed by atoms with Crippen LogP contribution in [0.15, 0.2) is 47.6 Å². The summed E-state index contributed by atoms with van der Waals surface area (Å²) in [5, 5.41) is 0.764. The van der Waals surface area contributed by atoms with E-state index in [1.165, 1.54) is 5.69 Å². The molecule has 7 nitrogen and oxygen atoms in total. The van der Waals surface area contributed by atoms with Crippen molar-refractivity contribution in [1.82, 2.24) is 14.8 Å². The van der Waals surface area contributed by atoms with Crippen LogP contribution in [0.1, 0.15) is 12.5 Å². The summed E-state index contributed by atoms with van der Waals surface area (Å²) in [6.45, 7) is 11.7. The number of rotatable bonds is 5. The molecule has 1 aromatic carbocycles. The fraction of sp³-hybridized carbons (Fsp3) is 0.478. The minimum Gasteiger partial charge on any atom is -0.370 e. The van der Waals surface area contributed by atoms with E-state index in [-0.39, 0.29) is 24.0 Å². The lowest BCUT2D eigenvalue weighted by Crippen LogP contribution is -2.51. The SMILES string of the molecule is CCN1CCN(c2ccc(CN=C(N)N3CCN(c4ccc(Cl)cc4)CC3)cn2)CC1.I. The van der Waals surface area contributed by atoms with Gasteiger partial charge in [0.05, 0.1) is 6.54 Å². The maximum absolute atomic E-state index is 6.28. The molecule has 0 aliphatic carbocycles. The summed E-state index contributed by atoms with van der Waals surface area (Å²) in [6.07, 6.45) is 1.93. The molecule has 0 unspecified atom stereocenters. The zero-order chi connectivity index (χ0) is 21.6. The Morgan fingerprint density at radius 2 is 1.59 bits per heavy atom. The normalized spacial score (nSPS) is 17.9. The first-order valence-electron chi connectivity index (χ1n) is 11.1. The molecule has 2 fully saturated rings. The van der Waals surface area contributed by atoms with Crippen LogP contribution in [0.25, 0.3) is 0 Å². The molecule has 3 heterocycles. The maximum Gasteiger partial charge on any atom is 0.191 e. The molecule has 1 aromatic heterocycles. The van der Waals surface area contributed by atoms with E-state index in [1.807, 2.05) is 18.3 Å². The Hall–Kier alpha value is -1.78. The second-order valence-corrected chi connectivity index (χ2v) is 8.51. The zero-order valence-corrected chi connectivity index (χ0v) is 21.7. The topological polar surface area (TPSA) is 64.2 Å². The average Bonchev–Trinajstić information content (AvgIpc) is 2.83. The number of guanidine groups is 1. The van der Waals surface area contributed by atoms with E-state index in [1.54, 1.807) is 0 Å². The predicted octanol–water partition coefficient (Wildman–Crippen LogP) is 3.13. The number of benzene rings is 1. The molecule has 0 bridgehead atoms. The number of nitrogens with zero attached hydrogens (tertiary/aromatic N) is 6. The van der Waals surface area contributed by atoms with Gasteiger partial charge in [-0.2, -0.15) is 0 Å². The van der Waals surface area contributed by atoms with Gasteiger partial charge in [-0.15, -0.1) is 24.0 Å². The molecule has 4 rings (SSSR count). The second kappa shape index (κ2) is 11.9. The van der Waals surface area contributed by atoms with Gasteiger partial charge < -0.3 is 25.3 Å². The van der Waals surface area contributed by atoms with Crippen LogP contribution in [-0.4, -0.2) is 79.6 Å². The lowest BCUT2D eigenvalue weighted by molar-refractivity contribution is 0.270. The van der Waals surface area contributed by atoms with Crippen molar-refractivity contribution in [2.75, 3.05) is 68.7 Å². The van der Waals surface area contributed by atoms with Gasteiger partial charge in [-0.25, -0.2) is 9.98 Å². The van der Waals surface area contributed by atoms with Crippen molar-refractivity contribution in [2.24, 2.45) is 10.7 Å². The number of aromatic nitrogens is 1. The summed E-state index contributed by atoms with van der Waals surface area (Å²) in [6, 6.07) is 12.2. The fourth-order valence-corrected chi connectivity index (χ4v) is 4.23. The Morgan fingerprint density at radius 3 is 2.19 bits per heavy atom. The van der Waals surface area contributed by atoms with Crippen LogP contribution in [-0.2, 0) is 6.54 Å². The Balaban J connectivity index is 0.00000289. The number of hydrogen-bond acceptors (Lipinski definition) is 5. The molecule has 0 saturated carbocycles. The summed E-state index contributed by atoms with van der Waals surface area (Å²) >= 11 is 5.99. The van der Waals surface area contributed by atoms with Gasteiger partial charge in [-0.05, 0) is 42.4 Å². The lowest BCUT2D eigenvalue weighted by Gasteiger charge is -2.36. The highest BCUT2D eigenvalue weighted by atomic mass is 127. The first-order valence-corrected chi connectivity index (χ1v) is 11.5. The minimum atomic E-state index is 0. The number of aliphatic imine (C=N–C) groups is 1. The zero-order valence-electron chi connectivity index (χ0n) is 18.7. The van der Waals surface area contributed by atoms with E-state index in [0.717, 1.165) is 75.3 Å². The molecular weight excluding hydrogens is 537 g/mol. The van der Waals surface area contributed by atoms with E-state index in [0.29, 0.717) is 12.5 Å². The predicted molar refractivity (Wildman–Crippen MR) is 145 cm³/mol. The Morgan fingerprint density at radius 1 is 0.938 bits per heavy atom. The summed E-state index contributed by atoms with van der Waals surface area (Å²) in [5.41, 5.74) is 8.56. The van der Waals surface area contributed by atoms with Crippen LogP contribution in [0.3, 0.4) is 0 Å². The van der Waals surface area contributed by atoms with E-state index in [2.05, 4.69) is 60.8 Å². The Kier molecular flexibility index (Phi) is 9.24. The van der Waals surface area contributed by atoms with Gasteiger partial charge in [0.2, 0.25) is 0 Å². The van der Waals surface area contributed by atoms with Crippen molar-refractivity contribution in [2.45, 2.75) is 13.5 Å². The highest BCUT2D eigenvalue weighted by Crippen LogP contribution is 2.19. The van der Waals surface area contributed by atoms with Crippen molar-refractivity contribution < 1.29 is 0 Å². The van der Waals surface area contributed by atoms with Crippen molar-refractivity contribution in [3.05, 3.63) is 53.2 Å². The van der Waals surface area contributed by atoms with Crippen molar-refractivity contribution in [3.63, 3.8) is 0 Å². The highest BCUT2D eigenvalue weighted by molar-refractivity contribution is 14.0. The number of likely N-dealkylation sites (N-methyl/N-ethyl adjacent to an activating group) is 1. The van der Waals surface area contributed by atoms with E-state index >= 15 is 0 Å². The monoisotopic (exact) mass is 569 g/mol. The number of pyridine rings is 1. The van der Waals surface area contributed by atoms with Gasteiger partial charge in [0.1, 0.15) is 5.82 Å². The smallest absolute Gasteiger partial charge is 0.191 e. The molecule has 2 aromatic rings. The van der Waals surface area contributed by atoms with E-state index in [4.69, 9.17) is 17.3 Å². The van der Waals surface area contributed by atoms with Crippen molar-refractivity contribution in [3.8, 4) is 0 Å². The summed E-state index contributed by atoms with van der Waals surface area (Å²) in [7, 11) is 0. The largest absolute Gasteiger partial charge is 0.370 e. The Labute approximate surface area is 213 Å². The first kappa shape index (κ1) is 24.9. The molecule has 2 aliphatic rings. The first-order chi connectivity index (χ1) is 15.1. The number of hydrogen-bond donors (Lipinski definition) is 1. The molecule has 0 amide bonds. The second-order valence-electron chi connectivity index (χ2n) is 8.07. The van der Waals surface area contributed by atoms with Crippen molar-refractivity contribution >= 4 is 53.0 Å². The van der Waals surface area contributed by atoms with Crippen LogP contribution in [0.2, 0.25) is 5.02 Å². The van der Waals surface area contributed by atoms with Gasteiger partial charge in [-0.1, -0.05) is 24.6 Å². The molecule has 9 heteroatoms. The number of halogens is 2. The van der Waals surface area contributed by atoms with Crippen LogP contribution in [0.5, 0.6) is 0 Å². The maximum atomic E-state index is 6.28. The molecular formula is C23H33ClIN7. The number of anilines is 2. The van der Waals surface area contributed by atoms with Crippen LogP contribution >= 0.6 is 35.6 Å². The third-order valence-electron chi connectivity index (χ3n) is 6.17. The number of piperazine rings is 2. The van der Waals surface area contributed by atoms with Crippen LogP contribution < -0.4 is 15.5 Å². The van der Waals surface area contributed by atoms with Crippen molar-refractivity contribution in [1.29, 1.82) is 0 Å². The Bertz CT molecular complexity index is 859. The lowest BCUT2D eigenvalue weighted by atomic mass is 10.2. The average molecular weight is 570 g/mol. The molecule has 2 saturated heterocycles. The fourth-order valence-electron chi connectivity index (χ4n) is 4.11. The van der Waals surface area contributed by atoms with Crippen LogP contribution in [0.4, 0.5) is 11.5 Å². The van der Waals surface area contributed by atoms with E-state index < -0.39 is 0 Å². The molecule has 174 valence electrons. The molecule has 2 aliphatic heterocycles. The van der Waals surface area contributed by atoms with Gasteiger partial charge in [0.25, 0.3) is 0 Å². The molecule has 0 radical (unpaired) electrons. The van der Waals surface area contributed by atoms with Gasteiger partial charge in [0.15, 0.2) is 5.96 Å². The van der Waals surface area contributed by atoms with E-state index in [9.17, 15) is 0 Å². The third-order valence-corrected chi connectivity index (χ3v) is 6.42. The highest BCUT2D eigenvalue weighted by Gasteiger charge is 2.19. The minimum absolute atomic E-state index is 0. The quantitative estimate of drug-likeness (QED) is 0.339. The van der Waals surface area contributed by atoms with Gasteiger partial charge in [0, 0.05) is 69.3 Å². The summed E-state index contributed by atoms with van der Waals surface area (Å²) in [5.74, 6) is 1.66. The molecule has 32 heavy (non-hydrogen) atoms. The third kappa shape index (κ3) is 6.39. The molecule has 2 N–H and O–H groups in total.